The first kappa shape index (κ1) is 18.7. The predicted octanol–water partition coefficient (Wildman–Crippen LogP) is 3.62. The quantitative estimate of drug-likeness (QED) is 0.617. The summed E-state index contributed by atoms with van der Waals surface area (Å²) >= 11 is 0. The van der Waals surface area contributed by atoms with Crippen LogP contribution < -0.4 is 10.6 Å². The zero-order valence-corrected chi connectivity index (χ0v) is 15.9. The van der Waals surface area contributed by atoms with Gasteiger partial charge < -0.3 is 15.7 Å². The van der Waals surface area contributed by atoms with E-state index in [1.165, 1.54) is 0 Å². The van der Waals surface area contributed by atoms with Gasteiger partial charge in [-0.15, -0.1) is 0 Å². The summed E-state index contributed by atoms with van der Waals surface area (Å²) in [5.74, 6) is 1.35. The van der Waals surface area contributed by atoms with E-state index in [1.807, 2.05) is 0 Å². The second-order valence-corrected chi connectivity index (χ2v) is 8.89. The molecule has 156 valence electrons. The molecule has 6 rings (SSSR count). The number of rotatable bonds is 4. The van der Waals surface area contributed by atoms with E-state index in [0.717, 1.165) is 31.0 Å². The van der Waals surface area contributed by atoms with Gasteiger partial charge in [-0.3, -0.25) is 5.10 Å². The van der Waals surface area contributed by atoms with Crippen LogP contribution >= 0.6 is 0 Å². The van der Waals surface area contributed by atoms with Crippen molar-refractivity contribution in [3.63, 3.8) is 0 Å². The van der Waals surface area contributed by atoms with Crippen LogP contribution in [0.15, 0.2) is 12.1 Å². The van der Waals surface area contributed by atoms with Gasteiger partial charge in [-0.2, -0.15) is 23.3 Å². The largest absolute Gasteiger partial charge is 0.433 e. The molecule has 0 radical (unpaired) electrons. The monoisotopic (exact) mass is 408 g/mol. The number of aliphatic hydroxyl groups is 1. The van der Waals surface area contributed by atoms with Crippen LogP contribution in [0.1, 0.15) is 43.5 Å². The summed E-state index contributed by atoms with van der Waals surface area (Å²) in [6, 6.07) is 2.55. The lowest BCUT2D eigenvalue weighted by atomic mass is 9.52. The third-order valence-corrected chi connectivity index (χ3v) is 6.52. The summed E-state index contributed by atoms with van der Waals surface area (Å²) in [7, 11) is 0. The first-order valence-electron chi connectivity index (χ1n) is 9.91. The van der Waals surface area contributed by atoms with Gasteiger partial charge in [-0.25, -0.2) is 4.98 Å². The zero-order valence-electron chi connectivity index (χ0n) is 15.9. The second-order valence-electron chi connectivity index (χ2n) is 8.89. The van der Waals surface area contributed by atoms with Crippen molar-refractivity contribution in [3.05, 3.63) is 23.5 Å². The Hall–Kier alpha value is -2.36. The van der Waals surface area contributed by atoms with Gasteiger partial charge in [-0.05, 0) is 56.8 Å². The normalized spacial score (nSPS) is 33.1. The minimum atomic E-state index is -4.59. The van der Waals surface area contributed by atoms with E-state index in [-0.39, 0.29) is 29.6 Å². The fourth-order valence-corrected chi connectivity index (χ4v) is 5.70. The van der Waals surface area contributed by atoms with Gasteiger partial charge >= 0.3 is 6.18 Å². The predicted molar refractivity (Wildman–Crippen MR) is 99.6 cm³/mol. The summed E-state index contributed by atoms with van der Waals surface area (Å²) in [6.07, 6.45) is -0.372. The Bertz CT molecular complexity index is 913. The molecule has 4 aliphatic carbocycles. The number of aromatic amines is 1. The minimum absolute atomic E-state index is 0.0178. The van der Waals surface area contributed by atoms with Crippen LogP contribution in [0.2, 0.25) is 0 Å². The van der Waals surface area contributed by atoms with Crippen LogP contribution in [0.4, 0.5) is 30.8 Å². The van der Waals surface area contributed by atoms with E-state index in [9.17, 15) is 18.3 Å². The highest BCUT2D eigenvalue weighted by atomic mass is 19.4. The van der Waals surface area contributed by atoms with Crippen molar-refractivity contribution in [3.8, 4) is 0 Å². The van der Waals surface area contributed by atoms with Crippen molar-refractivity contribution in [1.82, 2.24) is 20.2 Å². The van der Waals surface area contributed by atoms with Crippen LogP contribution in [0, 0.1) is 24.7 Å². The van der Waals surface area contributed by atoms with Gasteiger partial charge in [0.2, 0.25) is 5.95 Å². The number of aromatic nitrogens is 4. The van der Waals surface area contributed by atoms with Crippen LogP contribution in [0.5, 0.6) is 0 Å². The molecule has 4 saturated carbocycles. The Balaban J connectivity index is 1.42. The van der Waals surface area contributed by atoms with E-state index in [2.05, 4.69) is 30.8 Å². The Labute approximate surface area is 165 Å². The number of hydrogen-bond donors (Lipinski definition) is 4. The van der Waals surface area contributed by atoms with E-state index in [4.69, 9.17) is 0 Å². The molecule has 4 fully saturated rings. The Kier molecular flexibility index (Phi) is 4.06. The van der Waals surface area contributed by atoms with Crippen molar-refractivity contribution in [2.24, 2.45) is 17.8 Å². The molecule has 0 spiro atoms. The van der Waals surface area contributed by atoms with E-state index < -0.39 is 17.5 Å². The van der Waals surface area contributed by atoms with Crippen molar-refractivity contribution in [1.29, 1.82) is 0 Å². The van der Waals surface area contributed by atoms with Crippen molar-refractivity contribution >= 4 is 17.6 Å². The second kappa shape index (κ2) is 6.32. The first-order valence-corrected chi connectivity index (χ1v) is 9.91. The number of aryl methyl sites for hydroxylation is 1. The lowest BCUT2D eigenvalue weighted by Gasteiger charge is -2.58. The van der Waals surface area contributed by atoms with Gasteiger partial charge in [-0.1, -0.05) is 0 Å². The Morgan fingerprint density at radius 1 is 1.10 bits per heavy atom. The molecular weight excluding hydrogens is 385 g/mol. The highest BCUT2D eigenvalue weighted by Crippen LogP contribution is 2.56. The van der Waals surface area contributed by atoms with Crippen LogP contribution in [-0.2, 0) is 6.18 Å². The van der Waals surface area contributed by atoms with Gasteiger partial charge in [0.15, 0.2) is 11.5 Å². The molecule has 2 heterocycles. The first-order chi connectivity index (χ1) is 13.7. The molecule has 10 heteroatoms. The van der Waals surface area contributed by atoms with Gasteiger partial charge in [0.25, 0.3) is 0 Å². The molecule has 2 aromatic heterocycles. The Morgan fingerprint density at radius 3 is 2.41 bits per heavy atom. The molecule has 2 aromatic rings. The molecule has 0 aromatic carbocycles. The van der Waals surface area contributed by atoms with Crippen molar-refractivity contribution in [2.75, 3.05) is 10.6 Å². The molecule has 2 unspecified atom stereocenters. The average Bonchev–Trinajstić information content (AvgIpc) is 3.00. The molecule has 0 aliphatic heterocycles. The molecule has 29 heavy (non-hydrogen) atoms. The van der Waals surface area contributed by atoms with Crippen LogP contribution in [-0.4, -0.2) is 36.9 Å². The van der Waals surface area contributed by atoms with Crippen molar-refractivity contribution in [2.45, 2.75) is 56.8 Å². The number of nitrogens with one attached hydrogen (secondary N) is 3. The third-order valence-electron chi connectivity index (χ3n) is 6.52. The lowest BCUT2D eigenvalue weighted by Crippen LogP contribution is -2.59. The summed E-state index contributed by atoms with van der Waals surface area (Å²) in [4.78, 5) is 8.01. The van der Waals surface area contributed by atoms with Crippen LogP contribution in [0.3, 0.4) is 0 Å². The topological polar surface area (TPSA) is 98.8 Å². The summed E-state index contributed by atoms with van der Waals surface area (Å²) in [5, 5.41) is 23.4. The fourth-order valence-electron chi connectivity index (χ4n) is 5.70. The summed E-state index contributed by atoms with van der Waals surface area (Å²) in [5.41, 5.74) is -0.830. The molecule has 0 saturated heterocycles. The minimum Gasteiger partial charge on any atom is -0.390 e. The number of anilines is 3. The number of H-pyrrole nitrogens is 1. The SMILES string of the molecule is Cc1cc(Nc2cc(C(F)(F)F)nc(NC3C4CC5CC3CC(O)(C5)C4)n2)n[nH]1. The highest BCUT2D eigenvalue weighted by molar-refractivity contribution is 5.54. The fraction of sp³-hybridized carbons (Fsp3) is 0.632. The van der Waals surface area contributed by atoms with Gasteiger partial charge in [0.05, 0.1) is 5.60 Å². The van der Waals surface area contributed by atoms with E-state index in [0.29, 0.717) is 24.6 Å². The number of nitrogens with zero attached hydrogens (tertiary/aromatic N) is 3. The molecule has 2 atom stereocenters. The average molecular weight is 408 g/mol. The van der Waals surface area contributed by atoms with Crippen molar-refractivity contribution < 1.29 is 18.3 Å². The number of hydrogen-bond acceptors (Lipinski definition) is 6. The zero-order chi connectivity index (χ0) is 20.4. The molecule has 7 nitrogen and oxygen atoms in total. The molecule has 0 amide bonds. The maximum absolute atomic E-state index is 13.4. The number of alkyl halides is 3. The number of halogens is 3. The molecule has 4 N–H and O–H groups in total. The van der Waals surface area contributed by atoms with E-state index in [1.54, 1.807) is 13.0 Å². The van der Waals surface area contributed by atoms with Crippen LogP contribution in [0.25, 0.3) is 0 Å². The van der Waals surface area contributed by atoms with E-state index >= 15 is 0 Å². The standard InChI is InChI=1S/C19H23F3N6O/c1-9-2-15(28-27-9)24-14-5-13(19(20,21)22)23-17(25-14)26-16-11-3-10-4-12(16)8-18(29,6-10)7-11/h2,5,10-12,16,29H,3-4,6-8H2,1H3,(H3,23,24,25,26,27,28). The summed E-state index contributed by atoms with van der Waals surface area (Å²) in [6.45, 7) is 1.80. The highest BCUT2D eigenvalue weighted by Gasteiger charge is 2.55. The Morgan fingerprint density at radius 2 is 1.83 bits per heavy atom. The lowest BCUT2D eigenvalue weighted by molar-refractivity contribution is -0.141. The molecular formula is C19H23F3N6O. The maximum atomic E-state index is 13.4. The van der Waals surface area contributed by atoms with Gasteiger partial charge in [0.1, 0.15) is 5.82 Å². The molecule has 4 aliphatic rings. The smallest absolute Gasteiger partial charge is 0.390 e. The molecule has 4 bridgehead atoms. The van der Waals surface area contributed by atoms with Gasteiger partial charge in [0, 0.05) is 23.9 Å². The summed E-state index contributed by atoms with van der Waals surface area (Å²) < 4.78 is 40.2. The third kappa shape index (κ3) is 3.54. The maximum Gasteiger partial charge on any atom is 0.433 e.